The van der Waals surface area contributed by atoms with Crippen molar-refractivity contribution in [2.75, 3.05) is 12.4 Å². The zero-order valence-electron chi connectivity index (χ0n) is 13.4. The van der Waals surface area contributed by atoms with E-state index < -0.39 is 0 Å². The van der Waals surface area contributed by atoms with E-state index in [2.05, 4.69) is 49.6 Å². The average molecular weight is 314 g/mol. The summed E-state index contributed by atoms with van der Waals surface area (Å²) in [4.78, 5) is 0. The van der Waals surface area contributed by atoms with E-state index in [0.717, 1.165) is 17.0 Å². The van der Waals surface area contributed by atoms with Crippen molar-refractivity contribution in [3.63, 3.8) is 0 Å². The Morgan fingerprint density at radius 3 is 2.32 bits per heavy atom. The fraction of sp³-hybridized carbons (Fsp3) is 0.278. The molecule has 22 heavy (non-hydrogen) atoms. The first-order chi connectivity index (χ1) is 10.5. The first-order valence-corrected chi connectivity index (χ1v) is 7.69. The molecule has 0 aliphatic heterocycles. The molecule has 2 aromatic rings. The van der Waals surface area contributed by atoms with Gasteiger partial charge in [0.15, 0.2) is 5.11 Å². The lowest BCUT2D eigenvalue weighted by atomic mass is 10.0. The van der Waals surface area contributed by atoms with Gasteiger partial charge in [0.2, 0.25) is 0 Å². The van der Waals surface area contributed by atoms with Gasteiger partial charge in [0.25, 0.3) is 0 Å². The van der Waals surface area contributed by atoms with Crippen molar-refractivity contribution < 1.29 is 4.74 Å². The quantitative estimate of drug-likeness (QED) is 0.822. The van der Waals surface area contributed by atoms with Crippen molar-refractivity contribution in [1.29, 1.82) is 0 Å². The topological polar surface area (TPSA) is 33.3 Å². The van der Waals surface area contributed by atoms with Crippen LogP contribution in [0.1, 0.15) is 29.7 Å². The van der Waals surface area contributed by atoms with Crippen LogP contribution in [0, 0.1) is 13.8 Å². The number of rotatable bonds is 4. The van der Waals surface area contributed by atoms with E-state index in [9.17, 15) is 0 Å². The van der Waals surface area contributed by atoms with Crippen LogP contribution in [0.3, 0.4) is 0 Å². The number of hydrogen-bond donors (Lipinski definition) is 2. The van der Waals surface area contributed by atoms with Gasteiger partial charge in [-0.25, -0.2) is 0 Å². The Balaban J connectivity index is 2.05. The third-order valence-corrected chi connectivity index (χ3v) is 3.73. The van der Waals surface area contributed by atoms with Crippen molar-refractivity contribution in [1.82, 2.24) is 5.32 Å². The van der Waals surface area contributed by atoms with Crippen LogP contribution in [0.15, 0.2) is 42.5 Å². The Kier molecular flexibility index (Phi) is 5.39. The number of methoxy groups -OCH3 is 1. The summed E-state index contributed by atoms with van der Waals surface area (Å²) in [6.45, 7) is 6.20. The van der Waals surface area contributed by atoms with Gasteiger partial charge in [0, 0.05) is 11.3 Å². The van der Waals surface area contributed by atoms with Crippen LogP contribution in [-0.4, -0.2) is 12.2 Å². The number of benzene rings is 2. The van der Waals surface area contributed by atoms with Crippen molar-refractivity contribution in [3.05, 3.63) is 59.2 Å². The fourth-order valence-corrected chi connectivity index (χ4v) is 2.57. The molecule has 116 valence electrons. The summed E-state index contributed by atoms with van der Waals surface area (Å²) < 4.78 is 5.43. The predicted molar refractivity (Wildman–Crippen MR) is 96.7 cm³/mol. The number of hydrogen-bond acceptors (Lipinski definition) is 2. The molecule has 0 heterocycles. The van der Waals surface area contributed by atoms with Crippen molar-refractivity contribution in [2.24, 2.45) is 0 Å². The van der Waals surface area contributed by atoms with E-state index in [-0.39, 0.29) is 6.04 Å². The van der Waals surface area contributed by atoms with Crippen LogP contribution in [-0.2, 0) is 0 Å². The summed E-state index contributed by atoms with van der Waals surface area (Å²) >= 11 is 5.39. The van der Waals surface area contributed by atoms with Gasteiger partial charge in [-0.1, -0.05) is 35.4 Å². The van der Waals surface area contributed by atoms with Gasteiger partial charge >= 0.3 is 0 Å². The highest BCUT2D eigenvalue weighted by molar-refractivity contribution is 7.80. The summed E-state index contributed by atoms with van der Waals surface area (Å²) in [5, 5.41) is 7.10. The summed E-state index contributed by atoms with van der Waals surface area (Å²) in [5.74, 6) is 0.865. The van der Waals surface area contributed by atoms with Crippen molar-refractivity contribution in [3.8, 4) is 5.75 Å². The second kappa shape index (κ2) is 7.27. The third kappa shape index (κ3) is 4.21. The number of thiocarbonyl (C=S) groups is 1. The van der Waals surface area contributed by atoms with Crippen molar-refractivity contribution in [2.45, 2.75) is 26.8 Å². The van der Waals surface area contributed by atoms with E-state index in [1.165, 1.54) is 11.1 Å². The Morgan fingerprint density at radius 2 is 1.68 bits per heavy atom. The highest BCUT2D eigenvalue weighted by Gasteiger charge is 2.12. The maximum absolute atomic E-state index is 5.43. The minimum atomic E-state index is 0.0558. The van der Waals surface area contributed by atoms with Crippen LogP contribution in [0.5, 0.6) is 5.75 Å². The molecule has 0 amide bonds. The van der Waals surface area contributed by atoms with Gasteiger partial charge < -0.3 is 15.4 Å². The Bertz CT molecular complexity index is 653. The molecule has 0 aromatic heterocycles. The van der Waals surface area contributed by atoms with E-state index in [1.807, 2.05) is 24.3 Å². The molecular weight excluding hydrogens is 292 g/mol. The highest BCUT2D eigenvalue weighted by atomic mass is 32.1. The van der Waals surface area contributed by atoms with E-state index in [0.29, 0.717) is 5.11 Å². The largest absolute Gasteiger partial charge is 0.496 e. The molecular formula is C18H22N2OS. The summed E-state index contributed by atoms with van der Waals surface area (Å²) in [5.41, 5.74) is 4.49. The molecule has 0 saturated heterocycles. The van der Waals surface area contributed by atoms with E-state index in [4.69, 9.17) is 17.0 Å². The first-order valence-electron chi connectivity index (χ1n) is 7.28. The minimum Gasteiger partial charge on any atom is -0.496 e. The molecule has 2 rings (SSSR count). The standard InChI is InChI=1S/C18H22N2OS/c1-12-5-8-15(9-6-12)20-18(22)19-14(3)16-11-13(2)7-10-17(16)21-4/h5-11,14H,1-4H3,(H2,19,20,22)/t14-/m0/s1. The first kappa shape index (κ1) is 16.3. The molecule has 2 N–H and O–H groups in total. The van der Waals surface area contributed by atoms with Gasteiger partial charge in [0.05, 0.1) is 13.2 Å². The van der Waals surface area contributed by atoms with E-state index >= 15 is 0 Å². The molecule has 0 saturated carbocycles. The molecule has 2 aromatic carbocycles. The summed E-state index contributed by atoms with van der Waals surface area (Å²) in [6, 6.07) is 14.3. The highest BCUT2D eigenvalue weighted by Crippen LogP contribution is 2.26. The molecule has 0 fully saturated rings. The van der Waals surface area contributed by atoms with Crippen LogP contribution in [0.4, 0.5) is 5.69 Å². The zero-order valence-corrected chi connectivity index (χ0v) is 14.3. The van der Waals surface area contributed by atoms with Crippen molar-refractivity contribution >= 4 is 23.0 Å². The van der Waals surface area contributed by atoms with Gasteiger partial charge in [-0.3, -0.25) is 0 Å². The normalized spacial score (nSPS) is 11.6. The number of nitrogens with one attached hydrogen (secondary N) is 2. The van der Waals surface area contributed by atoms with Gasteiger partial charge in [-0.15, -0.1) is 0 Å². The number of aryl methyl sites for hydroxylation is 2. The Hall–Kier alpha value is -2.07. The fourth-order valence-electron chi connectivity index (χ4n) is 2.27. The SMILES string of the molecule is COc1ccc(C)cc1[C@H](C)NC(=S)Nc1ccc(C)cc1. The molecule has 3 nitrogen and oxygen atoms in total. The molecule has 1 atom stereocenters. The van der Waals surface area contributed by atoms with Crippen LogP contribution in [0.25, 0.3) is 0 Å². The van der Waals surface area contributed by atoms with Gasteiger partial charge in [-0.2, -0.15) is 0 Å². The van der Waals surface area contributed by atoms with Crippen LogP contribution >= 0.6 is 12.2 Å². The molecule has 4 heteroatoms. The zero-order chi connectivity index (χ0) is 16.1. The number of anilines is 1. The molecule has 0 spiro atoms. The smallest absolute Gasteiger partial charge is 0.171 e. The lowest BCUT2D eigenvalue weighted by Crippen LogP contribution is -2.31. The monoisotopic (exact) mass is 314 g/mol. The predicted octanol–water partition coefficient (Wildman–Crippen LogP) is 4.36. The second-order valence-electron chi connectivity index (χ2n) is 5.43. The minimum absolute atomic E-state index is 0.0558. The maximum Gasteiger partial charge on any atom is 0.171 e. The molecule has 0 unspecified atom stereocenters. The number of ether oxygens (including phenoxy) is 1. The van der Waals surface area contributed by atoms with Crippen LogP contribution < -0.4 is 15.4 Å². The molecule has 0 aliphatic rings. The maximum atomic E-state index is 5.43. The molecule has 0 radical (unpaired) electrons. The molecule has 0 aliphatic carbocycles. The lowest BCUT2D eigenvalue weighted by Gasteiger charge is -2.20. The van der Waals surface area contributed by atoms with Gasteiger partial charge in [0.1, 0.15) is 5.75 Å². The van der Waals surface area contributed by atoms with E-state index in [1.54, 1.807) is 7.11 Å². The second-order valence-corrected chi connectivity index (χ2v) is 5.84. The Labute approximate surface area is 137 Å². The molecule has 0 bridgehead atoms. The van der Waals surface area contributed by atoms with Gasteiger partial charge in [-0.05, 0) is 51.2 Å². The summed E-state index contributed by atoms with van der Waals surface area (Å²) in [7, 11) is 1.68. The lowest BCUT2D eigenvalue weighted by molar-refractivity contribution is 0.405. The Morgan fingerprint density at radius 1 is 1.05 bits per heavy atom. The average Bonchev–Trinajstić information content (AvgIpc) is 2.49. The third-order valence-electron chi connectivity index (χ3n) is 3.51. The summed E-state index contributed by atoms with van der Waals surface area (Å²) in [6.07, 6.45) is 0. The van der Waals surface area contributed by atoms with Crippen LogP contribution in [0.2, 0.25) is 0 Å².